The van der Waals surface area contributed by atoms with Crippen LogP contribution in [0.4, 0.5) is 20.3 Å². The van der Waals surface area contributed by atoms with Gasteiger partial charge in [0.15, 0.2) is 5.78 Å². The molecule has 138 valence electrons. The van der Waals surface area contributed by atoms with E-state index >= 15 is 0 Å². The molecule has 1 aromatic heterocycles. The predicted octanol–water partition coefficient (Wildman–Crippen LogP) is 3.24. The summed E-state index contributed by atoms with van der Waals surface area (Å²) in [6, 6.07) is 5.83. The first-order valence-corrected chi connectivity index (χ1v) is 8.19. The summed E-state index contributed by atoms with van der Waals surface area (Å²) in [5.74, 6) is -2.05. The first-order chi connectivity index (χ1) is 12.9. The summed E-state index contributed by atoms with van der Waals surface area (Å²) in [6.07, 6.45) is 1.83. The van der Waals surface area contributed by atoms with Crippen LogP contribution in [0.5, 0.6) is 0 Å². The minimum Gasteiger partial charge on any atom is -0.355 e. The smallest absolute Gasteiger partial charge is 0.289 e. The number of Topliss-reactive ketones (excluding diaryl/α,β-unsaturated/α-hetero) is 1. The number of nitrogens with zero attached hydrogens (tertiary/aromatic N) is 4. The second-order valence-electron chi connectivity index (χ2n) is 6.18. The van der Waals surface area contributed by atoms with Crippen LogP contribution in [0.25, 0.3) is 0 Å². The van der Waals surface area contributed by atoms with E-state index in [-0.39, 0.29) is 16.8 Å². The molecule has 0 bridgehead atoms. The molecule has 2 heterocycles. The number of ketones is 1. The first-order valence-electron chi connectivity index (χ1n) is 8.19. The Morgan fingerprint density at radius 1 is 1.30 bits per heavy atom. The Bertz CT molecular complexity index is 950. The van der Waals surface area contributed by atoms with Crippen LogP contribution in [0.2, 0.25) is 0 Å². The van der Waals surface area contributed by atoms with Crippen LogP contribution < -0.4 is 4.90 Å². The number of carbonyl (C=O) groups is 1. The normalized spacial score (nSPS) is 14.6. The number of rotatable bonds is 4. The molecule has 0 radical (unpaired) electrons. The number of pyridine rings is 1. The third-order valence-corrected chi connectivity index (χ3v) is 4.54. The molecule has 0 atom stereocenters. The molecule has 1 aromatic carbocycles. The molecule has 3 rings (SSSR count). The lowest BCUT2D eigenvalue weighted by Gasteiger charge is -2.32. The van der Waals surface area contributed by atoms with Gasteiger partial charge in [-0.05, 0) is 31.0 Å². The Morgan fingerprint density at radius 2 is 2.00 bits per heavy atom. The standard InChI is InChI=1S/C18H14F2N4O3/c19-13-1-2-16(20)15(8-13)17(25)11-3-5-23(6-4-11)18-12(9-21)7-14(10-22-18)24(26)27/h1-2,7-8,10-11H,3-6H2. The second-order valence-corrected chi connectivity index (χ2v) is 6.18. The van der Waals surface area contributed by atoms with E-state index in [4.69, 9.17) is 0 Å². The molecule has 2 aromatic rings. The summed E-state index contributed by atoms with van der Waals surface area (Å²) in [4.78, 5) is 28.4. The van der Waals surface area contributed by atoms with Crippen molar-refractivity contribution in [3.63, 3.8) is 0 Å². The van der Waals surface area contributed by atoms with Gasteiger partial charge in [-0.1, -0.05) is 0 Å². The molecular weight excluding hydrogens is 358 g/mol. The molecule has 0 saturated carbocycles. The molecule has 1 fully saturated rings. The fourth-order valence-electron chi connectivity index (χ4n) is 3.14. The van der Waals surface area contributed by atoms with Gasteiger partial charge in [0.1, 0.15) is 35.3 Å². The highest BCUT2D eigenvalue weighted by molar-refractivity contribution is 5.98. The highest BCUT2D eigenvalue weighted by Gasteiger charge is 2.29. The van der Waals surface area contributed by atoms with Gasteiger partial charge in [0.05, 0.1) is 10.5 Å². The number of carbonyl (C=O) groups excluding carboxylic acids is 1. The topological polar surface area (TPSA) is 100 Å². The number of hydrogen-bond acceptors (Lipinski definition) is 6. The van der Waals surface area contributed by atoms with Crippen molar-refractivity contribution in [3.8, 4) is 6.07 Å². The van der Waals surface area contributed by atoms with Gasteiger partial charge in [0, 0.05) is 25.1 Å². The van der Waals surface area contributed by atoms with Gasteiger partial charge in [-0.2, -0.15) is 5.26 Å². The number of piperidine rings is 1. The summed E-state index contributed by atoms with van der Waals surface area (Å²) in [5.41, 5.74) is -0.466. The first kappa shape index (κ1) is 18.4. The van der Waals surface area contributed by atoms with Crippen LogP contribution >= 0.6 is 0 Å². The number of hydrogen-bond donors (Lipinski definition) is 0. The molecule has 0 aliphatic carbocycles. The fourth-order valence-corrected chi connectivity index (χ4v) is 3.14. The Balaban J connectivity index is 1.74. The van der Waals surface area contributed by atoms with Gasteiger partial charge < -0.3 is 4.90 Å². The fraction of sp³-hybridized carbons (Fsp3) is 0.278. The van der Waals surface area contributed by atoms with Crippen LogP contribution in [-0.4, -0.2) is 28.8 Å². The Morgan fingerprint density at radius 3 is 2.63 bits per heavy atom. The zero-order chi connectivity index (χ0) is 19.6. The Hall–Kier alpha value is -3.41. The number of anilines is 1. The van der Waals surface area contributed by atoms with Crippen molar-refractivity contribution in [1.82, 2.24) is 4.98 Å². The van der Waals surface area contributed by atoms with E-state index in [1.54, 1.807) is 4.90 Å². The predicted molar refractivity (Wildman–Crippen MR) is 91.2 cm³/mol. The largest absolute Gasteiger partial charge is 0.355 e. The van der Waals surface area contributed by atoms with E-state index in [0.29, 0.717) is 31.7 Å². The van der Waals surface area contributed by atoms with Crippen LogP contribution in [0.1, 0.15) is 28.8 Å². The molecule has 0 unspecified atom stereocenters. The highest BCUT2D eigenvalue weighted by atomic mass is 19.1. The zero-order valence-electron chi connectivity index (χ0n) is 14.1. The number of benzene rings is 1. The Labute approximate surface area is 153 Å². The summed E-state index contributed by atoms with van der Waals surface area (Å²) in [6.45, 7) is 0.736. The minimum atomic E-state index is -0.757. The van der Waals surface area contributed by atoms with Crippen molar-refractivity contribution in [1.29, 1.82) is 5.26 Å². The van der Waals surface area contributed by atoms with Crippen LogP contribution in [0.15, 0.2) is 30.5 Å². The second kappa shape index (κ2) is 7.45. The van der Waals surface area contributed by atoms with Crippen molar-refractivity contribution >= 4 is 17.3 Å². The lowest BCUT2D eigenvalue weighted by atomic mass is 9.88. The molecular formula is C18H14F2N4O3. The quantitative estimate of drug-likeness (QED) is 0.464. The monoisotopic (exact) mass is 372 g/mol. The van der Waals surface area contributed by atoms with Crippen LogP contribution in [-0.2, 0) is 0 Å². The molecule has 0 N–H and O–H groups in total. The van der Waals surface area contributed by atoms with E-state index in [9.17, 15) is 29.0 Å². The maximum atomic E-state index is 13.8. The maximum Gasteiger partial charge on any atom is 0.289 e. The summed E-state index contributed by atoms with van der Waals surface area (Å²) in [7, 11) is 0. The van der Waals surface area contributed by atoms with Crippen molar-refractivity contribution in [2.75, 3.05) is 18.0 Å². The lowest BCUT2D eigenvalue weighted by Crippen LogP contribution is -2.37. The molecule has 1 aliphatic rings. The van der Waals surface area contributed by atoms with Gasteiger partial charge in [0.25, 0.3) is 5.69 Å². The number of nitro groups is 1. The van der Waals surface area contributed by atoms with Crippen molar-refractivity contribution in [2.24, 2.45) is 5.92 Å². The van der Waals surface area contributed by atoms with E-state index < -0.39 is 28.3 Å². The van der Waals surface area contributed by atoms with Gasteiger partial charge >= 0.3 is 0 Å². The molecule has 9 heteroatoms. The third kappa shape index (κ3) is 3.74. The Kier molecular flexibility index (Phi) is 5.07. The zero-order valence-corrected chi connectivity index (χ0v) is 14.1. The number of nitriles is 1. The average Bonchev–Trinajstić information content (AvgIpc) is 2.68. The van der Waals surface area contributed by atoms with E-state index in [1.807, 2.05) is 6.07 Å². The van der Waals surface area contributed by atoms with E-state index in [1.165, 1.54) is 0 Å². The third-order valence-electron chi connectivity index (χ3n) is 4.54. The van der Waals surface area contributed by atoms with E-state index in [2.05, 4.69) is 4.98 Å². The molecule has 0 amide bonds. The minimum absolute atomic E-state index is 0.0742. The number of halogens is 2. The van der Waals surface area contributed by atoms with Crippen LogP contribution in [0.3, 0.4) is 0 Å². The summed E-state index contributed by atoms with van der Waals surface area (Å²) >= 11 is 0. The average molecular weight is 372 g/mol. The molecule has 7 nitrogen and oxygen atoms in total. The van der Waals surface area contributed by atoms with Crippen molar-refractivity contribution in [3.05, 3.63) is 63.3 Å². The summed E-state index contributed by atoms with van der Waals surface area (Å²) < 4.78 is 27.1. The molecule has 0 spiro atoms. The van der Waals surface area contributed by atoms with Gasteiger partial charge in [-0.25, -0.2) is 13.8 Å². The number of aromatic nitrogens is 1. The molecule has 27 heavy (non-hydrogen) atoms. The SMILES string of the molecule is N#Cc1cc([N+](=O)[O-])cnc1N1CCC(C(=O)c2cc(F)ccc2F)CC1. The van der Waals surface area contributed by atoms with Gasteiger partial charge in [-0.3, -0.25) is 14.9 Å². The lowest BCUT2D eigenvalue weighted by molar-refractivity contribution is -0.385. The molecule has 1 saturated heterocycles. The van der Waals surface area contributed by atoms with E-state index in [0.717, 1.165) is 30.5 Å². The van der Waals surface area contributed by atoms with Gasteiger partial charge in [-0.15, -0.1) is 0 Å². The maximum absolute atomic E-state index is 13.8. The summed E-state index contributed by atoms with van der Waals surface area (Å²) in [5, 5.41) is 20.0. The molecule has 1 aliphatic heterocycles. The van der Waals surface area contributed by atoms with Crippen LogP contribution in [0, 0.1) is 39.0 Å². The highest BCUT2D eigenvalue weighted by Crippen LogP contribution is 2.28. The van der Waals surface area contributed by atoms with Crippen molar-refractivity contribution < 1.29 is 18.5 Å². The van der Waals surface area contributed by atoms with Gasteiger partial charge in [0.2, 0.25) is 0 Å². The van der Waals surface area contributed by atoms with Crippen molar-refractivity contribution in [2.45, 2.75) is 12.8 Å².